The van der Waals surface area contributed by atoms with Crippen LogP contribution in [-0.4, -0.2) is 41.5 Å². The Morgan fingerprint density at radius 1 is 1.26 bits per heavy atom. The zero-order chi connectivity index (χ0) is 16.6. The molecule has 0 aliphatic carbocycles. The number of nitriles is 2. The van der Waals surface area contributed by atoms with Gasteiger partial charge >= 0.3 is 0 Å². The van der Waals surface area contributed by atoms with Gasteiger partial charge in [0.2, 0.25) is 12.2 Å². The molecule has 0 atom stereocenters. The average molecular weight is 307 g/mol. The third-order valence-electron chi connectivity index (χ3n) is 4.10. The molecule has 23 heavy (non-hydrogen) atoms. The summed E-state index contributed by atoms with van der Waals surface area (Å²) in [5, 5.41) is 18.0. The summed E-state index contributed by atoms with van der Waals surface area (Å²) in [6, 6.07) is 7.53. The molecule has 6 nitrogen and oxygen atoms in total. The van der Waals surface area contributed by atoms with Crippen molar-refractivity contribution >= 4 is 12.0 Å². The minimum Gasteiger partial charge on any atom is -0.481 e. The molecule has 2 aliphatic rings. The lowest BCUT2D eigenvalue weighted by molar-refractivity contribution is 0.122. The molecule has 0 amide bonds. The Morgan fingerprint density at radius 2 is 2.04 bits per heavy atom. The molecule has 0 spiro atoms. The summed E-state index contributed by atoms with van der Waals surface area (Å²) in [7, 11) is 1.91. The minimum absolute atomic E-state index is 0.553. The summed E-state index contributed by atoms with van der Waals surface area (Å²) in [5.41, 5.74) is 1.83. The van der Waals surface area contributed by atoms with Crippen LogP contribution in [0.4, 0.5) is 0 Å². The normalized spacial score (nSPS) is 20.4. The Balaban J connectivity index is 2.10. The first-order valence-electron chi connectivity index (χ1n) is 7.37. The van der Waals surface area contributed by atoms with Gasteiger partial charge in [-0.3, -0.25) is 0 Å². The number of aliphatic imine (C=N–C) groups is 1. The number of hydrogen-bond donors (Lipinski definition) is 0. The predicted molar refractivity (Wildman–Crippen MR) is 86.2 cm³/mol. The van der Waals surface area contributed by atoms with E-state index in [9.17, 15) is 0 Å². The highest BCUT2D eigenvalue weighted by Gasteiger charge is 2.38. The van der Waals surface area contributed by atoms with Gasteiger partial charge in [0.15, 0.2) is 0 Å². The van der Waals surface area contributed by atoms with Crippen LogP contribution in [-0.2, 0) is 0 Å². The number of likely N-dealkylation sites (N-methyl/N-ethyl adjacent to an activating group) is 1. The van der Waals surface area contributed by atoms with E-state index in [1.54, 1.807) is 6.07 Å². The van der Waals surface area contributed by atoms with E-state index in [4.69, 9.17) is 15.3 Å². The fourth-order valence-corrected chi connectivity index (χ4v) is 2.95. The molecular formula is C17H17N5O. The molecule has 1 fully saturated rings. The summed E-state index contributed by atoms with van der Waals surface area (Å²) >= 11 is 0. The van der Waals surface area contributed by atoms with E-state index in [1.807, 2.05) is 55.1 Å². The number of guanidine groups is 1. The van der Waals surface area contributed by atoms with Crippen LogP contribution in [0.2, 0.25) is 0 Å². The summed E-state index contributed by atoms with van der Waals surface area (Å²) < 4.78 is 6.13. The number of hydrogen-bond acceptors (Lipinski definition) is 4. The summed E-state index contributed by atoms with van der Waals surface area (Å²) in [6.07, 6.45) is 3.89. The first-order valence-corrected chi connectivity index (χ1v) is 7.37. The Morgan fingerprint density at radius 3 is 2.74 bits per heavy atom. The van der Waals surface area contributed by atoms with Crippen molar-refractivity contribution < 1.29 is 4.74 Å². The Hall–Kier alpha value is -2.99. The summed E-state index contributed by atoms with van der Waals surface area (Å²) in [5.74, 6) is 1.37. The lowest BCUT2D eigenvalue weighted by Gasteiger charge is -2.38. The van der Waals surface area contributed by atoms with Crippen molar-refractivity contribution in [1.82, 2.24) is 9.80 Å². The van der Waals surface area contributed by atoms with E-state index in [1.165, 1.54) is 0 Å². The molecule has 0 bridgehead atoms. The number of ether oxygens (including phenoxy) is 1. The van der Waals surface area contributed by atoms with Crippen molar-refractivity contribution in [1.29, 1.82) is 10.5 Å². The highest BCUT2D eigenvalue weighted by Crippen LogP contribution is 2.38. The SMILES string of the molecule is CN1CCN(C2=Cc3cc(C#N)ccc3OC2(C)C)C1=NC#N. The number of fused-ring (bicyclic) bond motifs is 1. The van der Waals surface area contributed by atoms with Crippen LogP contribution in [0.1, 0.15) is 25.0 Å². The maximum Gasteiger partial charge on any atom is 0.216 e. The number of benzene rings is 1. The van der Waals surface area contributed by atoms with Crippen molar-refractivity contribution in [3.05, 3.63) is 35.0 Å². The van der Waals surface area contributed by atoms with Crippen molar-refractivity contribution in [3.8, 4) is 18.0 Å². The van der Waals surface area contributed by atoms with E-state index in [2.05, 4.69) is 11.1 Å². The lowest BCUT2D eigenvalue weighted by atomic mass is 9.96. The molecule has 0 aromatic heterocycles. The molecule has 6 heteroatoms. The second-order valence-electron chi connectivity index (χ2n) is 6.09. The third kappa shape index (κ3) is 2.49. The molecule has 0 unspecified atom stereocenters. The quantitative estimate of drug-likeness (QED) is 0.743. The second kappa shape index (κ2) is 5.33. The van der Waals surface area contributed by atoms with E-state index in [0.29, 0.717) is 11.5 Å². The molecule has 1 saturated heterocycles. The largest absolute Gasteiger partial charge is 0.481 e. The first-order chi connectivity index (χ1) is 11.0. The van der Waals surface area contributed by atoms with Gasteiger partial charge in [0, 0.05) is 25.7 Å². The molecule has 3 rings (SSSR count). The van der Waals surface area contributed by atoms with Gasteiger partial charge in [-0.25, -0.2) is 0 Å². The van der Waals surface area contributed by atoms with Crippen LogP contribution >= 0.6 is 0 Å². The molecule has 2 heterocycles. The van der Waals surface area contributed by atoms with Crippen LogP contribution < -0.4 is 4.74 Å². The standard InChI is InChI=1S/C17H17N5O/c1-17(2)15(22-7-6-21(3)16(22)20-11-19)9-13-8-12(10-18)4-5-14(13)23-17/h4-5,8-9H,6-7H2,1-3H3. The number of rotatable bonds is 1. The van der Waals surface area contributed by atoms with Crippen molar-refractivity contribution in [2.24, 2.45) is 4.99 Å². The molecule has 116 valence electrons. The second-order valence-corrected chi connectivity index (χ2v) is 6.09. The van der Waals surface area contributed by atoms with Crippen LogP contribution in [0.5, 0.6) is 5.75 Å². The Labute approximate surface area is 135 Å². The number of nitrogens with zero attached hydrogens (tertiary/aromatic N) is 5. The van der Waals surface area contributed by atoms with Crippen LogP contribution in [0.25, 0.3) is 6.08 Å². The van der Waals surface area contributed by atoms with Crippen molar-refractivity contribution in [2.75, 3.05) is 20.1 Å². The lowest BCUT2D eigenvalue weighted by Crippen LogP contribution is -2.44. The zero-order valence-corrected chi connectivity index (χ0v) is 13.4. The van der Waals surface area contributed by atoms with Gasteiger partial charge in [0.05, 0.1) is 17.3 Å². The topological polar surface area (TPSA) is 75.7 Å². The van der Waals surface area contributed by atoms with Gasteiger partial charge in [-0.15, -0.1) is 4.99 Å². The highest BCUT2D eigenvalue weighted by molar-refractivity contribution is 5.86. The van der Waals surface area contributed by atoms with E-state index in [-0.39, 0.29) is 0 Å². The molecule has 2 aliphatic heterocycles. The van der Waals surface area contributed by atoms with Gasteiger partial charge in [-0.2, -0.15) is 10.5 Å². The maximum absolute atomic E-state index is 9.08. The molecule has 1 aromatic rings. The average Bonchev–Trinajstić information content (AvgIpc) is 2.87. The predicted octanol–water partition coefficient (Wildman–Crippen LogP) is 2.15. The maximum atomic E-state index is 9.08. The van der Waals surface area contributed by atoms with E-state index < -0.39 is 5.60 Å². The van der Waals surface area contributed by atoms with E-state index in [0.717, 1.165) is 30.1 Å². The summed E-state index contributed by atoms with van der Waals surface area (Å²) in [4.78, 5) is 7.89. The zero-order valence-electron chi connectivity index (χ0n) is 13.4. The molecular weight excluding hydrogens is 290 g/mol. The van der Waals surface area contributed by atoms with Crippen molar-refractivity contribution in [3.63, 3.8) is 0 Å². The van der Waals surface area contributed by atoms with Gasteiger partial charge in [0.25, 0.3) is 0 Å². The molecule has 0 saturated carbocycles. The fraction of sp³-hybridized carbons (Fsp3) is 0.353. The smallest absolute Gasteiger partial charge is 0.216 e. The third-order valence-corrected chi connectivity index (χ3v) is 4.10. The molecule has 1 aromatic carbocycles. The van der Waals surface area contributed by atoms with Crippen LogP contribution in [0, 0.1) is 22.8 Å². The van der Waals surface area contributed by atoms with Gasteiger partial charge in [-0.05, 0) is 38.1 Å². The Kier molecular flexibility index (Phi) is 3.46. The van der Waals surface area contributed by atoms with Crippen LogP contribution in [0.3, 0.4) is 0 Å². The van der Waals surface area contributed by atoms with Crippen molar-refractivity contribution in [2.45, 2.75) is 19.4 Å². The molecule has 0 radical (unpaired) electrons. The van der Waals surface area contributed by atoms with Crippen LogP contribution in [0.15, 0.2) is 28.9 Å². The minimum atomic E-state index is -0.553. The fourth-order valence-electron chi connectivity index (χ4n) is 2.95. The molecule has 0 N–H and O–H groups in total. The van der Waals surface area contributed by atoms with Gasteiger partial charge in [0.1, 0.15) is 11.4 Å². The first kappa shape index (κ1) is 14.9. The highest BCUT2D eigenvalue weighted by atomic mass is 16.5. The van der Waals surface area contributed by atoms with Gasteiger partial charge < -0.3 is 14.5 Å². The van der Waals surface area contributed by atoms with Gasteiger partial charge in [-0.1, -0.05) is 0 Å². The Bertz CT molecular complexity index is 794. The monoisotopic (exact) mass is 307 g/mol. The summed E-state index contributed by atoms with van der Waals surface area (Å²) in [6.45, 7) is 5.51. The van der Waals surface area contributed by atoms with E-state index >= 15 is 0 Å².